The second-order valence-corrected chi connectivity index (χ2v) is 22.3. The lowest BCUT2D eigenvalue weighted by Crippen LogP contribution is -2.70. The van der Waals surface area contributed by atoms with Crippen molar-refractivity contribution in [2.24, 2.45) is 22.7 Å². The number of ketones is 4. The Labute approximate surface area is 451 Å². The maximum absolute atomic E-state index is 17.8. The van der Waals surface area contributed by atoms with Crippen LogP contribution >= 0.6 is 23.5 Å². The van der Waals surface area contributed by atoms with Gasteiger partial charge >= 0.3 is 6.15 Å². The van der Waals surface area contributed by atoms with Gasteiger partial charge in [0.25, 0.3) is 0 Å². The molecule has 16 nitrogen and oxygen atoms in total. The van der Waals surface area contributed by atoms with E-state index in [0.717, 1.165) is 27.9 Å². The first kappa shape index (κ1) is 61.4. The number of Topliss-reactive ketones (excluding diaryl/α,β-unsaturated/α-hetero) is 3. The van der Waals surface area contributed by atoms with E-state index in [-0.39, 0.29) is 67.3 Å². The number of ether oxygens (including phenoxy) is 8. The van der Waals surface area contributed by atoms with Crippen LogP contribution in [-0.2, 0) is 73.1 Å². The van der Waals surface area contributed by atoms with E-state index in [1.54, 1.807) is 18.7 Å². The van der Waals surface area contributed by atoms with Gasteiger partial charge in [-0.3, -0.25) is 19.2 Å². The van der Waals surface area contributed by atoms with Crippen molar-refractivity contribution < 1.29 is 85.7 Å². The van der Waals surface area contributed by atoms with Crippen LogP contribution in [0.5, 0.6) is 0 Å². The molecule has 3 saturated carbocycles. The third-order valence-electron chi connectivity index (χ3n) is 15.5. The minimum absolute atomic E-state index is 0.0180. The monoisotopic (exact) mass is 1100 g/mol. The normalized spacial score (nSPS) is 29.5. The molecule has 2 aromatic carbocycles. The number of thioether (sulfide) groups is 1. The Morgan fingerprint density at radius 1 is 0.829 bits per heavy atom. The largest absolute Gasteiger partial charge is 0.390 e. The van der Waals surface area contributed by atoms with Crippen molar-refractivity contribution in [3.8, 4) is 0 Å². The molecular formula is C56H72F2O16S2. The van der Waals surface area contributed by atoms with E-state index in [2.05, 4.69) is 0 Å². The Morgan fingerprint density at radius 3 is 2.01 bits per heavy atom. The summed E-state index contributed by atoms with van der Waals surface area (Å²) < 4.78 is 80.1. The van der Waals surface area contributed by atoms with Crippen molar-refractivity contribution >= 4 is 52.8 Å². The summed E-state index contributed by atoms with van der Waals surface area (Å²) in [5.74, 6) is -2.43. The first-order chi connectivity index (χ1) is 36.5. The summed E-state index contributed by atoms with van der Waals surface area (Å²) in [6.07, 6.45) is 2.24. The van der Waals surface area contributed by atoms with Gasteiger partial charge in [-0.15, -0.1) is 0 Å². The summed E-state index contributed by atoms with van der Waals surface area (Å²) in [7, 11) is 0. The molecule has 4 fully saturated rings. The zero-order chi connectivity index (χ0) is 54.9. The number of hydrogen-bond acceptors (Lipinski definition) is 18. The zero-order valence-electron chi connectivity index (χ0n) is 43.7. The highest BCUT2D eigenvalue weighted by atomic mass is 32.2. The number of allylic oxidation sites excluding steroid dienone is 4. The van der Waals surface area contributed by atoms with Crippen molar-refractivity contribution in [2.75, 3.05) is 92.1 Å². The van der Waals surface area contributed by atoms with E-state index < -0.39 is 76.8 Å². The van der Waals surface area contributed by atoms with Gasteiger partial charge in [0.2, 0.25) is 0 Å². The van der Waals surface area contributed by atoms with E-state index >= 15 is 8.78 Å². The number of hydrogen-bond donors (Lipinski definition) is 2. The molecule has 1 saturated heterocycles. The molecule has 11 atom stereocenters. The molecule has 1 aliphatic heterocycles. The maximum atomic E-state index is 17.8. The van der Waals surface area contributed by atoms with Crippen LogP contribution in [0, 0.1) is 22.7 Å². The van der Waals surface area contributed by atoms with Gasteiger partial charge in [0.1, 0.15) is 24.3 Å². The fourth-order valence-corrected chi connectivity index (χ4v) is 12.9. The Hall–Kier alpha value is -3.86. The number of aliphatic hydroxyl groups is 2. The topological polar surface area (TPSA) is 217 Å². The van der Waals surface area contributed by atoms with E-state index in [9.17, 15) is 29.4 Å². The fourth-order valence-electron chi connectivity index (χ4n) is 11.6. The molecule has 2 N–H and O–H groups in total. The van der Waals surface area contributed by atoms with Crippen LogP contribution in [0.3, 0.4) is 0 Å². The van der Waals surface area contributed by atoms with E-state index in [4.69, 9.17) is 47.5 Å². The Bertz CT molecular complexity index is 2370. The highest BCUT2D eigenvalue weighted by Gasteiger charge is 2.80. The minimum Gasteiger partial charge on any atom is -0.390 e. The summed E-state index contributed by atoms with van der Waals surface area (Å²) in [6.45, 7) is 9.55. The maximum Gasteiger partial charge on any atom is 0.373 e. The predicted octanol–water partition coefficient (Wildman–Crippen LogP) is 6.60. The lowest BCUT2D eigenvalue weighted by molar-refractivity contribution is -0.235. The van der Waals surface area contributed by atoms with Crippen molar-refractivity contribution in [1.29, 1.82) is 0 Å². The molecule has 7 rings (SSSR count). The standard InChI is InChI=1S/C55H72F2O14S2.CO2/c1-36(72-4)47(61)9-6-17-64-19-21-66-23-25-68-27-28-69-26-24-67-22-20-65-18-15-40(60)29-37-7-5-8-42(30-37)73-41-12-10-38(11-13-41)51-70-50-33-43-44-32-46(56)45-31-39(59)14-16-52(45,2)54(44,57)48(62)34-53(43,3)55(50,71-51)49(63)35-58;2-1-3/h5,7-8,10-14,16,30-31,36,43-44,46,48,50-51,58,62H,6,9,15,17-29,32-35H2,1-4H3;/t36?,43-,44-,46-,48-,50+,51+,52-,53-,54-,55+;/m0./s1. The Morgan fingerprint density at radius 2 is 1.42 bits per heavy atom. The first-order valence-electron chi connectivity index (χ1n) is 25.9. The Balaban J connectivity index is 0.00000305. The summed E-state index contributed by atoms with van der Waals surface area (Å²) in [6, 6.07) is 15.2. The number of benzene rings is 2. The predicted molar refractivity (Wildman–Crippen MR) is 275 cm³/mol. The third-order valence-corrected chi connectivity index (χ3v) is 17.5. The molecule has 4 aliphatic carbocycles. The number of fused-ring (bicyclic) bond motifs is 7. The van der Waals surface area contributed by atoms with Crippen LogP contribution in [0.2, 0.25) is 0 Å². The highest BCUT2D eigenvalue weighted by Crippen LogP contribution is 2.72. The summed E-state index contributed by atoms with van der Waals surface area (Å²) in [4.78, 5) is 68.9. The van der Waals surface area contributed by atoms with Crippen LogP contribution in [0.25, 0.3) is 0 Å². The number of halogens is 2. The van der Waals surface area contributed by atoms with E-state index in [1.165, 1.54) is 30.8 Å². The fraction of sp³-hybridized carbons (Fsp3) is 0.625. The molecule has 5 aliphatic rings. The van der Waals surface area contributed by atoms with Gasteiger partial charge < -0.3 is 48.1 Å². The van der Waals surface area contributed by atoms with E-state index in [1.807, 2.05) is 61.7 Å². The zero-order valence-corrected chi connectivity index (χ0v) is 45.3. The van der Waals surface area contributed by atoms with Gasteiger partial charge in [-0.1, -0.05) is 49.0 Å². The minimum atomic E-state index is -2.33. The van der Waals surface area contributed by atoms with Crippen LogP contribution in [0.4, 0.5) is 8.78 Å². The van der Waals surface area contributed by atoms with Gasteiger partial charge in [0.15, 0.2) is 29.1 Å². The van der Waals surface area contributed by atoms with Gasteiger partial charge in [0, 0.05) is 58.0 Å². The number of carbonyl (C=O) groups excluding carboxylic acids is 6. The Kier molecular flexibility index (Phi) is 23.3. The number of rotatable bonds is 31. The molecule has 0 bridgehead atoms. The van der Waals surface area contributed by atoms with Crippen molar-refractivity contribution in [3.63, 3.8) is 0 Å². The second kappa shape index (κ2) is 28.9. The number of alkyl halides is 2. The van der Waals surface area contributed by atoms with Gasteiger partial charge in [-0.05, 0) is 99.3 Å². The van der Waals surface area contributed by atoms with Gasteiger partial charge in [-0.25, -0.2) is 8.78 Å². The van der Waals surface area contributed by atoms with Gasteiger partial charge in [-0.2, -0.15) is 21.4 Å². The SMILES string of the molecule is CSC(C)C(=O)CCCOCCOCCOCCOCCOCCOCCC(=O)Cc1cccc(Sc2ccc([C@@H]3O[C@@H]4C[C@H]5[C@@H]6C[C@H](F)C7=CC(=O)C=C[C@]7(C)[C@@]6(F)[C@@H](O)C[C@]5(C)[C@]4(C(=O)CO)O3)cc2)c1.O=C=O. The number of carbonyl (C=O) groups is 4. The molecule has 2 aromatic rings. The summed E-state index contributed by atoms with van der Waals surface area (Å²) >= 11 is 3.07. The molecule has 418 valence electrons. The molecule has 0 aromatic heterocycles. The third kappa shape index (κ3) is 14.1. The van der Waals surface area contributed by atoms with Gasteiger partial charge in [0.05, 0.1) is 90.1 Å². The number of aliphatic hydroxyl groups excluding tert-OH is 2. The lowest BCUT2D eigenvalue weighted by atomic mass is 9.44. The van der Waals surface area contributed by atoms with Crippen LogP contribution in [0.15, 0.2) is 82.1 Å². The highest BCUT2D eigenvalue weighted by molar-refractivity contribution is 8.00. The molecule has 0 amide bonds. The van der Waals surface area contributed by atoms with Crippen molar-refractivity contribution in [2.45, 2.75) is 117 Å². The van der Waals surface area contributed by atoms with Crippen LogP contribution in [0.1, 0.15) is 76.7 Å². The molecule has 20 heteroatoms. The van der Waals surface area contributed by atoms with Crippen LogP contribution in [-0.4, -0.2) is 167 Å². The molecule has 1 heterocycles. The molecule has 76 heavy (non-hydrogen) atoms. The molecule has 0 radical (unpaired) electrons. The lowest BCUT2D eigenvalue weighted by Gasteiger charge is -2.63. The quantitative estimate of drug-likeness (QED) is 0.0761. The smallest absolute Gasteiger partial charge is 0.373 e. The molecule has 1 unspecified atom stereocenters. The first-order valence-corrected chi connectivity index (χ1v) is 28.0. The average molecular weight is 1100 g/mol. The van der Waals surface area contributed by atoms with E-state index in [0.29, 0.717) is 84.7 Å². The molecular weight excluding hydrogens is 1030 g/mol. The van der Waals surface area contributed by atoms with Crippen molar-refractivity contribution in [3.05, 3.63) is 83.5 Å². The van der Waals surface area contributed by atoms with Crippen molar-refractivity contribution in [1.82, 2.24) is 0 Å². The van der Waals surface area contributed by atoms with Crippen LogP contribution < -0.4 is 0 Å². The second-order valence-electron chi connectivity index (χ2n) is 20.0. The summed E-state index contributed by atoms with van der Waals surface area (Å²) in [5, 5.41) is 22.2. The summed E-state index contributed by atoms with van der Waals surface area (Å²) in [5.41, 5.74) is -5.33. The molecule has 0 spiro atoms. The average Bonchev–Trinajstić information content (AvgIpc) is 3.94.